The van der Waals surface area contributed by atoms with Crippen molar-refractivity contribution in [2.75, 3.05) is 7.05 Å². The number of pyridine rings is 1. The lowest BCUT2D eigenvalue weighted by molar-refractivity contribution is 0.00177. The lowest BCUT2D eigenvalue weighted by Crippen LogP contribution is -2.18. The van der Waals surface area contributed by atoms with Gasteiger partial charge in [0.15, 0.2) is 0 Å². The average Bonchev–Trinajstić information content (AvgIpc) is 2.68. The summed E-state index contributed by atoms with van der Waals surface area (Å²) < 4.78 is 11.2. The van der Waals surface area contributed by atoms with Crippen molar-refractivity contribution in [2.24, 2.45) is 0 Å². The van der Waals surface area contributed by atoms with E-state index in [1.807, 2.05) is 18.2 Å². The highest BCUT2D eigenvalue weighted by Crippen LogP contribution is 2.30. The van der Waals surface area contributed by atoms with Crippen molar-refractivity contribution in [3.63, 3.8) is 0 Å². The molecule has 5 rings (SSSR count). The molecule has 0 atom stereocenters. The van der Waals surface area contributed by atoms with Gasteiger partial charge in [-0.25, -0.2) is 0 Å². The highest BCUT2D eigenvalue weighted by atomic mass is 35.5. The van der Waals surface area contributed by atoms with E-state index in [2.05, 4.69) is 5.32 Å². The first-order chi connectivity index (χ1) is 10.1. The second kappa shape index (κ2) is 5.35. The van der Waals surface area contributed by atoms with Gasteiger partial charge in [0.1, 0.15) is 5.69 Å². The Hall–Kier alpha value is -2.11. The van der Waals surface area contributed by atoms with Crippen LogP contribution in [0.25, 0.3) is 16.8 Å². The highest BCUT2D eigenvalue weighted by molar-refractivity contribution is 6.39. The maximum absolute atomic E-state index is 11.2. The molecule has 4 bridgehead atoms. The Morgan fingerprint density at radius 2 is 1.90 bits per heavy atom. The largest absolute Gasteiger partial charge is 0.355 e. The monoisotopic (exact) mass is 324 g/mol. The predicted molar refractivity (Wildman–Crippen MR) is 80.0 cm³/mol. The van der Waals surface area contributed by atoms with E-state index in [1.165, 1.54) is 7.05 Å². The molecule has 7 heteroatoms. The Bertz CT molecular complexity index is 815. The quantitative estimate of drug-likeness (QED) is 0.537. The van der Waals surface area contributed by atoms with Gasteiger partial charge < -0.3 is 5.32 Å². The number of rotatable bonds is 1. The van der Waals surface area contributed by atoms with E-state index in [9.17, 15) is 4.79 Å². The lowest BCUT2D eigenvalue weighted by Gasteiger charge is -2.05. The maximum Gasteiger partial charge on any atom is 0.254 e. The topological polar surface area (TPSA) is 60.3 Å². The first kappa shape index (κ1) is 13.9. The van der Waals surface area contributed by atoms with Crippen LogP contribution in [0.2, 0.25) is 10.0 Å². The summed E-state index contributed by atoms with van der Waals surface area (Å²) in [6.07, 6.45) is 0. The third-order valence-electron chi connectivity index (χ3n) is 3.01. The van der Waals surface area contributed by atoms with Crippen LogP contribution in [0.4, 0.5) is 0 Å². The number of nitrogens with one attached hydrogen (secondary N) is 1. The molecule has 0 fully saturated rings. The van der Waals surface area contributed by atoms with Crippen LogP contribution in [-0.2, 0) is 0 Å². The molecule has 5 nitrogen and oxygen atoms in total. The summed E-state index contributed by atoms with van der Waals surface area (Å²) in [4.78, 5) is 11.2. The molecule has 3 aliphatic rings. The number of benzene rings is 2. The molecule has 0 aromatic heterocycles. The fraction of sp³-hybridized carbons (Fsp3) is 0.0714. The number of fused-ring (bicyclic) bond motifs is 1. The summed E-state index contributed by atoms with van der Waals surface area (Å²) in [6.45, 7) is 0. The second-order valence-corrected chi connectivity index (χ2v) is 5.09. The van der Waals surface area contributed by atoms with Gasteiger partial charge in [0.2, 0.25) is 5.58 Å². The van der Waals surface area contributed by atoms with Crippen LogP contribution in [0.5, 0.6) is 0 Å². The van der Waals surface area contributed by atoms with Crippen LogP contribution in [0.15, 0.2) is 45.7 Å². The number of aromatic nitrogens is 1. The van der Waals surface area contributed by atoms with E-state index in [0.29, 0.717) is 15.6 Å². The fourth-order valence-corrected chi connectivity index (χ4v) is 2.50. The summed E-state index contributed by atoms with van der Waals surface area (Å²) in [5.74, 6) is -0.273. The van der Waals surface area contributed by atoms with E-state index in [4.69, 9.17) is 32.5 Å². The van der Waals surface area contributed by atoms with Crippen LogP contribution >= 0.6 is 23.2 Å². The molecule has 0 unspecified atom stereocenters. The molecule has 2 aromatic carbocycles. The fourth-order valence-electron chi connectivity index (χ4n) is 1.93. The standard InChI is InChI=1S/C8H7Cl2NO.C6H3NO2/c1-11-8(12)7-5(9)3-2-4-6(7)10;1-2-6-5-3-4(1)7(5)9-8-6/h2-4H,1H3,(H,11,12);1-3H. The third-order valence-corrected chi connectivity index (χ3v) is 3.64. The molecule has 108 valence electrons. The summed E-state index contributed by atoms with van der Waals surface area (Å²) in [7, 11) is 1.53. The van der Waals surface area contributed by atoms with E-state index >= 15 is 0 Å². The second-order valence-electron chi connectivity index (χ2n) is 4.28. The molecule has 0 saturated heterocycles. The van der Waals surface area contributed by atoms with Crippen molar-refractivity contribution in [1.29, 1.82) is 0 Å². The first-order valence-electron chi connectivity index (χ1n) is 6.06. The number of hydrogen-bond donors (Lipinski definition) is 1. The molecular weight excluding hydrogens is 315 g/mol. The van der Waals surface area contributed by atoms with Crippen LogP contribution in [0, 0.1) is 0 Å². The maximum atomic E-state index is 11.2. The number of carbonyl (C=O) groups is 1. The SMILES string of the molecule is CNC(=O)c1c(Cl)cccc1Cl.c1cc2cc3c1oon2-3. The minimum Gasteiger partial charge on any atom is -0.355 e. The van der Waals surface area contributed by atoms with Crippen molar-refractivity contribution in [3.05, 3.63) is 52.0 Å². The zero-order chi connectivity index (χ0) is 15.0. The molecule has 1 amide bonds. The Morgan fingerprint density at radius 1 is 1.19 bits per heavy atom. The predicted octanol–water partition coefficient (Wildman–Crippen LogP) is 4.05. The smallest absolute Gasteiger partial charge is 0.254 e. The number of amides is 1. The first-order valence-corrected chi connectivity index (χ1v) is 6.82. The van der Waals surface area contributed by atoms with Gasteiger partial charge in [0, 0.05) is 7.05 Å². The minimum absolute atomic E-state index is 0.273. The van der Waals surface area contributed by atoms with Crippen molar-refractivity contribution in [2.45, 2.75) is 0 Å². The minimum atomic E-state index is -0.273. The summed E-state index contributed by atoms with van der Waals surface area (Å²) in [5.41, 5.74) is 3.23. The van der Waals surface area contributed by atoms with Gasteiger partial charge in [-0.3, -0.25) is 9.37 Å². The van der Waals surface area contributed by atoms with Gasteiger partial charge in [0.05, 0.1) is 21.1 Å². The van der Waals surface area contributed by atoms with Gasteiger partial charge in [-0.05, 0) is 30.3 Å². The van der Waals surface area contributed by atoms with Crippen molar-refractivity contribution in [3.8, 4) is 5.69 Å². The van der Waals surface area contributed by atoms with Crippen LogP contribution in [0.3, 0.4) is 0 Å². The van der Waals surface area contributed by atoms with Crippen molar-refractivity contribution < 1.29 is 14.1 Å². The average molecular weight is 325 g/mol. The number of halogens is 2. The molecule has 0 saturated carbocycles. The molecule has 3 aliphatic heterocycles. The van der Waals surface area contributed by atoms with Crippen LogP contribution in [-0.4, -0.2) is 17.7 Å². The summed E-state index contributed by atoms with van der Waals surface area (Å²) in [5, 5.41) is 3.18. The molecule has 0 spiro atoms. The van der Waals surface area contributed by atoms with Crippen molar-refractivity contribution in [1.82, 2.24) is 10.1 Å². The third kappa shape index (κ3) is 2.34. The summed E-state index contributed by atoms with van der Waals surface area (Å²) in [6, 6.07) is 10.8. The number of carbonyl (C=O) groups excluding carboxylic acids is 1. The van der Waals surface area contributed by atoms with Gasteiger partial charge in [-0.15, -0.1) is 4.74 Å². The molecule has 3 heterocycles. The van der Waals surface area contributed by atoms with Gasteiger partial charge >= 0.3 is 0 Å². The Kier molecular flexibility index (Phi) is 3.53. The number of hydrogen-bond acceptors (Lipinski definition) is 3. The zero-order valence-electron chi connectivity index (χ0n) is 10.9. The lowest BCUT2D eigenvalue weighted by atomic mass is 10.2. The molecule has 1 N–H and O–H groups in total. The number of nitrogens with zero attached hydrogens (tertiary/aromatic N) is 1. The summed E-state index contributed by atoms with van der Waals surface area (Å²) >= 11 is 11.5. The van der Waals surface area contributed by atoms with E-state index in [-0.39, 0.29) is 5.91 Å². The van der Waals surface area contributed by atoms with E-state index in [0.717, 1.165) is 16.8 Å². The van der Waals surface area contributed by atoms with Gasteiger partial charge in [-0.1, -0.05) is 29.3 Å². The Labute approximate surface area is 129 Å². The highest BCUT2D eigenvalue weighted by Gasteiger charge is 2.18. The molecule has 0 radical (unpaired) electrons. The molecule has 2 aromatic rings. The van der Waals surface area contributed by atoms with E-state index < -0.39 is 0 Å². The van der Waals surface area contributed by atoms with Crippen LogP contribution in [0.1, 0.15) is 10.4 Å². The van der Waals surface area contributed by atoms with Crippen molar-refractivity contribution >= 4 is 40.2 Å². The molecular formula is C14H10Cl2N2O3. The van der Waals surface area contributed by atoms with Crippen LogP contribution < -0.4 is 5.32 Å². The van der Waals surface area contributed by atoms with E-state index in [1.54, 1.807) is 22.9 Å². The Balaban J connectivity index is 0.000000129. The normalized spacial score (nSPS) is 10.8. The van der Waals surface area contributed by atoms with Gasteiger partial charge in [0.25, 0.3) is 5.91 Å². The Morgan fingerprint density at radius 3 is 2.43 bits per heavy atom. The van der Waals surface area contributed by atoms with Gasteiger partial charge in [-0.2, -0.15) is 4.68 Å². The zero-order valence-corrected chi connectivity index (χ0v) is 12.4. The molecule has 0 aliphatic carbocycles. The molecule has 21 heavy (non-hydrogen) atoms.